The first-order valence-electron chi connectivity index (χ1n) is 14.7. The summed E-state index contributed by atoms with van der Waals surface area (Å²) in [5.41, 5.74) is 5.39. The van der Waals surface area contributed by atoms with Gasteiger partial charge in [-0.05, 0) is 19.4 Å². The van der Waals surface area contributed by atoms with Crippen LogP contribution in [0.4, 0.5) is 0 Å². The number of rotatable bonds is 25. The zero-order chi connectivity index (χ0) is 24.8. The van der Waals surface area contributed by atoms with Crippen LogP contribution >= 0.6 is 0 Å². The lowest BCUT2D eigenvalue weighted by molar-refractivity contribution is -0.143. The molecule has 4 heteroatoms. The van der Waals surface area contributed by atoms with Gasteiger partial charge in [0, 0.05) is 0 Å². The molecule has 0 saturated carbocycles. The fourth-order valence-corrected chi connectivity index (χ4v) is 4.16. The van der Waals surface area contributed by atoms with E-state index in [9.17, 15) is 4.79 Å². The molecule has 0 radical (unpaired) electrons. The Hall–Kier alpha value is -0.610. The smallest absolute Gasteiger partial charge is 0.308 e. The normalized spacial score (nSPS) is 11.8. The summed E-state index contributed by atoms with van der Waals surface area (Å²) in [7, 11) is 0. The van der Waals surface area contributed by atoms with Gasteiger partial charge in [0.15, 0.2) is 0 Å². The molecule has 0 saturated heterocycles. The maximum absolute atomic E-state index is 10.7. The summed E-state index contributed by atoms with van der Waals surface area (Å²) >= 11 is 0. The topological polar surface area (TPSA) is 83.5 Å². The Labute approximate surface area is 207 Å². The van der Waals surface area contributed by atoms with Gasteiger partial charge in [-0.15, -0.1) is 0 Å². The second kappa shape index (κ2) is 31.4. The third-order valence-electron chi connectivity index (χ3n) is 6.53. The van der Waals surface area contributed by atoms with Crippen LogP contribution in [0.15, 0.2) is 0 Å². The molecule has 1 atom stereocenters. The lowest BCUT2D eigenvalue weighted by Crippen LogP contribution is -2.17. The average Bonchev–Trinajstić information content (AvgIpc) is 2.81. The van der Waals surface area contributed by atoms with Gasteiger partial charge < -0.3 is 15.9 Å². The van der Waals surface area contributed by atoms with Crippen LogP contribution in [-0.2, 0) is 4.79 Å². The van der Waals surface area contributed by atoms with Gasteiger partial charge in [0.05, 0.1) is 12.5 Å². The summed E-state index contributed by atoms with van der Waals surface area (Å²) in [6, 6.07) is 0. The zero-order valence-electron chi connectivity index (χ0n) is 22.6. The molecule has 0 bridgehead atoms. The Morgan fingerprint density at radius 3 is 1.15 bits per heavy atom. The molecule has 4 nitrogen and oxygen atoms in total. The molecule has 0 heterocycles. The predicted molar refractivity (Wildman–Crippen MR) is 145 cm³/mol. The van der Waals surface area contributed by atoms with Gasteiger partial charge in [-0.2, -0.15) is 0 Å². The maximum Gasteiger partial charge on any atom is 0.308 e. The van der Waals surface area contributed by atoms with Crippen molar-refractivity contribution >= 4 is 5.97 Å². The van der Waals surface area contributed by atoms with Crippen molar-refractivity contribution < 1.29 is 15.0 Å². The van der Waals surface area contributed by atoms with Gasteiger partial charge in [-0.1, -0.05) is 149 Å². The number of aliphatic hydroxyl groups is 1. The fourth-order valence-electron chi connectivity index (χ4n) is 4.16. The number of carboxylic acid groups (broad SMARTS) is 1. The van der Waals surface area contributed by atoms with Gasteiger partial charge in [0.25, 0.3) is 0 Å². The third kappa shape index (κ3) is 31.4. The molecule has 0 spiro atoms. The summed E-state index contributed by atoms with van der Waals surface area (Å²) in [6.45, 7) is 5.16. The lowest BCUT2D eigenvalue weighted by Gasteiger charge is -2.08. The van der Waals surface area contributed by atoms with Crippen molar-refractivity contribution in [3.05, 3.63) is 0 Å². The number of unbranched alkanes of at least 4 members (excludes halogenated alkanes) is 20. The van der Waals surface area contributed by atoms with E-state index in [4.69, 9.17) is 15.9 Å². The Kier molecular flexibility index (Phi) is 32.9. The van der Waals surface area contributed by atoms with E-state index in [1.165, 1.54) is 128 Å². The van der Waals surface area contributed by atoms with Crippen LogP contribution in [0.3, 0.4) is 0 Å². The number of hydrogen-bond donors (Lipinski definition) is 3. The number of nitrogens with two attached hydrogens (primary N) is 1. The molecule has 0 aliphatic carbocycles. The summed E-state index contributed by atoms with van der Waals surface area (Å²) < 4.78 is 0. The van der Waals surface area contributed by atoms with Crippen LogP contribution in [0, 0.1) is 5.92 Å². The van der Waals surface area contributed by atoms with E-state index in [0.717, 1.165) is 19.4 Å². The first-order chi connectivity index (χ1) is 16.1. The number of aliphatic carboxylic acids is 1. The van der Waals surface area contributed by atoms with Crippen LogP contribution < -0.4 is 5.73 Å². The van der Waals surface area contributed by atoms with Crippen LogP contribution in [0.1, 0.15) is 162 Å². The van der Waals surface area contributed by atoms with E-state index in [1.54, 1.807) is 0 Å². The second-order valence-electron chi connectivity index (χ2n) is 9.87. The van der Waals surface area contributed by atoms with Crippen molar-refractivity contribution in [3.63, 3.8) is 0 Å². The Morgan fingerprint density at radius 2 is 0.879 bits per heavy atom. The van der Waals surface area contributed by atoms with Crippen LogP contribution in [0.2, 0.25) is 0 Å². The molecule has 0 amide bonds. The Bertz CT molecular complexity index is 355. The Morgan fingerprint density at radius 1 is 0.576 bits per heavy atom. The zero-order valence-corrected chi connectivity index (χ0v) is 22.6. The molecule has 0 aromatic rings. The average molecular weight is 472 g/mol. The molecule has 4 N–H and O–H groups in total. The van der Waals surface area contributed by atoms with Crippen LogP contribution in [-0.4, -0.2) is 29.3 Å². The van der Waals surface area contributed by atoms with Crippen LogP contribution in [0.5, 0.6) is 0 Å². The third-order valence-corrected chi connectivity index (χ3v) is 6.53. The molecule has 0 rings (SSSR count). The van der Waals surface area contributed by atoms with Crippen molar-refractivity contribution in [2.45, 2.75) is 162 Å². The molecule has 200 valence electrons. The van der Waals surface area contributed by atoms with Crippen molar-refractivity contribution in [3.8, 4) is 0 Å². The molecule has 0 fully saturated rings. The molecule has 1 unspecified atom stereocenters. The van der Waals surface area contributed by atoms with Crippen LogP contribution in [0.25, 0.3) is 0 Å². The Balaban J connectivity index is 0. The van der Waals surface area contributed by atoms with Gasteiger partial charge >= 0.3 is 5.97 Å². The molecule has 0 aliphatic heterocycles. The highest BCUT2D eigenvalue weighted by Crippen LogP contribution is 2.15. The second-order valence-corrected chi connectivity index (χ2v) is 9.87. The molecule has 0 aliphatic rings. The SMILES string of the molecule is CCCCCCCCCCCCCCCCC(CO)C(=O)O.CCCCCCCCCCN. The maximum atomic E-state index is 10.7. The number of carbonyl (C=O) groups is 1. The quantitative estimate of drug-likeness (QED) is 0.116. The molecule has 0 aromatic carbocycles. The highest BCUT2D eigenvalue weighted by Gasteiger charge is 2.14. The van der Waals surface area contributed by atoms with Gasteiger partial charge in [0.1, 0.15) is 0 Å². The fraction of sp³-hybridized carbons (Fsp3) is 0.966. The van der Waals surface area contributed by atoms with Gasteiger partial charge in [0.2, 0.25) is 0 Å². The van der Waals surface area contributed by atoms with E-state index in [-0.39, 0.29) is 6.61 Å². The molecule has 33 heavy (non-hydrogen) atoms. The molecular formula is C29H61NO3. The minimum Gasteiger partial charge on any atom is -0.481 e. The highest BCUT2D eigenvalue weighted by molar-refractivity contribution is 5.69. The summed E-state index contributed by atoms with van der Waals surface area (Å²) in [5.74, 6) is -1.42. The lowest BCUT2D eigenvalue weighted by atomic mass is 10.0. The first kappa shape index (κ1) is 34.6. The van der Waals surface area contributed by atoms with Crippen molar-refractivity contribution in [2.75, 3.05) is 13.2 Å². The van der Waals surface area contributed by atoms with Crippen molar-refractivity contribution in [1.82, 2.24) is 0 Å². The van der Waals surface area contributed by atoms with E-state index in [0.29, 0.717) is 6.42 Å². The number of hydrogen-bond acceptors (Lipinski definition) is 3. The van der Waals surface area contributed by atoms with E-state index >= 15 is 0 Å². The summed E-state index contributed by atoms with van der Waals surface area (Å²) in [6.07, 6.45) is 29.9. The standard InChI is InChI=1S/C19H38O3.C10H23N/c1-2-3-4-5-6-7-8-9-10-11-12-13-14-15-16-18(17-20)19(21)22;1-2-3-4-5-6-7-8-9-10-11/h18,20H,2-17H2,1H3,(H,21,22);2-11H2,1H3. The monoisotopic (exact) mass is 471 g/mol. The molecular weight excluding hydrogens is 410 g/mol. The largest absolute Gasteiger partial charge is 0.481 e. The van der Waals surface area contributed by atoms with E-state index < -0.39 is 11.9 Å². The number of carboxylic acids is 1. The minimum absolute atomic E-state index is 0.228. The van der Waals surface area contributed by atoms with Gasteiger partial charge in [-0.3, -0.25) is 4.79 Å². The molecule has 0 aromatic heterocycles. The summed E-state index contributed by atoms with van der Waals surface area (Å²) in [4.78, 5) is 10.7. The minimum atomic E-state index is -0.864. The van der Waals surface area contributed by atoms with Crippen molar-refractivity contribution in [2.24, 2.45) is 11.7 Å². The first-order valence-corrected chi connectivity index (χ1v) is 14.7. The van der Waals surface area contributed by atoms with Crippen molar-refractivity contribution in [1.29, 1.82) is 0 Å². The van der Waals surface area contributed by atoms with Gasteiger partial charge in [-0.25, -0.2) is 0 Å². The predicted octanol–water partition coefficient (Wildman–Crippen LogP) is 8.64. The van der Waals surface area contributed by atoms with E-state index in [1.807, 2.05) is 0 Å². The van der Waals surface area contributed by atoms with E-state index in [2.05, 4.69) is 13.8 Å². The highest BCUT2D eigenvalue weighted by atomic mass is 16.4. The summed E-state index contributed by atoms with van der Waals surface area (Å²) in [5, 5.41) is 17.7. The number of aliphatic hydroxyl groups excluding tert-OH is 1.